The standard InChI is InChI=1S/C10H15N.2CH4.H3N3/c1-2-5-9(4-1)8-10-6-3-7-11-10;;;1-3-2/h3,6-7,9,11H,1-2,4-5,8H2;2*1H4;(H3,1,2). The molecule has 16 heavy (non-hydrogen) atoms. The SMILES string of the molecule is C.C.N=NN.c1c[nH]c(CC2CCCC2)c1. The van der Waals surface area contributed by atoms with Crippen molar-refractivity contribution < 1.29 is 0 Å². The van der Waals surface area contributed by atoms with Crippen LogP contribution < -0.4 is 5.84 Å². The molecule has 0 saturated heterocycles. The van der Waals surface area contributed by atoms with Gasteiger partial charge in [0, 0.05) is 11.9 Å². The maximum atomic E-state index is 5.61. The average Bonchev–Trinajstić information content (AvgIpc) is 2.79. The first-order valence-electron chi connectivity index (χ1n) is 5.05. The van der Waals surface area contributed by atoms with Crippen LogP contribution in [0.15, 0.2) is 23.6 Å². The summed E-state index contributed by atoms with van der Waals surface area (Å²) < 4.78 is 0. The lowest BCUT2D eigenvalue weighted by Crippen LogP contribution is -1.98. The van der Waals surface area contributed by atoms with Crippen molar-refractivity contribution in [1.29, 1.82) is 5.53 Å². The fraction of sp³-hybridized carbons (Fsp3) is 0.667. The van der Waals surface area contributed by atoms with Crippen molar-refractivity contribution in [2.24, 2.45) is 17.0 Å². The van der Waals surface area contributed by atoms with Crippen LogP contribution in [0.25, 0.3) is 0 Å². The molecule has 0 amide bonds. The van der Waals surface area contributed by atoms with Crippen LogP contribution in [-0.4, -0.2) is 4.98 Å². The van der Waals surface area contributed by atoms with Gasteiger partial charge in [0.2, 0.25) is 0 Å². The molecule has 1 aromatic rings. The first-order chi connectivity index (χ1) is 6.86. The second-order valence-electron chi connectivity index (χ2n) is 3.68. The lowest BCUT2D eigenvalue weighted by molar-refractivity contribution is 0.540. The first kappa shape index (κ1) is 17.1. The van der Waals surface area contributed by atoms with Gasteiger partial charge in [-0.15, -0.1) is 0 Å². The number of nitrogens with one attached hydrogen (secondary N) is 2. The zero-order valence-electron chi connectivity index (χ0n) is 8.37. The van der Waals surface area contributed by atoms with E-state index in [-0.39, 0.29) is 14.9 Å². The van der Waals surface area contributed by atoms with Gasteiger partial charge in [0.25, 0.3) is 0 Å². The highest BCUT2D eigenvalue weighted by Crippen LogP contribution is 2.27. The largest absolute Gasteiger partial charge is 0.365 e. The van der Waals surface area contributed by atoms with Crippen LogP contribution in [-0.2, 0) is 6.42 Å². The molecular formula is C12H26N4. The Hall–Kier alpha value is -1.32. The fourth-order valence-corrected chi connectivity index (χ4v) is 2.02. The molecule has 0 aliphatic heterocycles. The molecule has 1 saturated carbocycles. The third-order valence-corrected chi connectivity index (χ3v) is 2.65. The normalized spacial score (nSPS) is 14.0. The highest BCUT2D eigenvalue weighted by atomic mass is 15.2. The van der Waals surface area contributed by atoms with Crippen molar-refractivity contribution in [3.8, 4) is 0 Å². The maximum Gasteiger partial charge on any atom is 0.0149 e. The number of nitrogens with zero attached hydrogens (tertiary/aromatic N) is 1. The molecule has 0 atom stereocenters. The smallest absolute Gasteiger partial charge is 0.0149 e. The maximum absolute atomic E-state index is 5.61. The molecule has 1 aliphatic carbocycles. The van der Waals surface area contributed by atoms with Crippen molar-refractivity contribution in [2.45, 2.75) is 47.0 Å². The van der Waals surface area contributed by atoms with Crippen LogP contribution in [0.2, 0.25) is 0 Å². The number of nitrogens with two attached hydrogens (primary N) is 1. The van der Waals surface area contributed by atoms with Gasteiger partial charge in [-0.3, -0.25) is 0 Å². The van der Waals surface area contributed by atoms with Gasteiger partial charge in [-0.2, -0.15) is 5.53 Å². The number of hydrogen-bond donors (Lipinski definition) is 3. The summed E-state index contributed by atoms with van der Waals surface area (Å²) in [5, 5.41) is 2.25. The van der Waals surface area contributed by atoms with Crippen molar-refractivity contribution >= 4 is 0 Å². The highest BCUT2D eigenvalue weighted by Gasteiger charge is 2.15. The van der Waals surface area contributed by atoms with Gasteiger partial charge in [-0.05, 0) is 24.5 Å². The summed E-state index contributed by atoms with van der Waals surface area (Å²) in [6, 6.07) is 4.28. The van der Waals surface area contributed by atoms with Crippen molar-refractivity contribution in [3.63, 3.8) is 0 Å². The molecule has 2 rings (SSSR count). The predicted molar refractivity (Wildman–Crippen MR) is 69.3 cm³/mol. The molecule has 0 bridgehead atoms. The zero-order valence-corrected chi connectivity index (χ0v) is 8.37. The Labute approximate surface area is 99.1 Å². The number of aromatic nitrogens is 1. The average molecular weight is 226 g/mol. The third kappa shape index (κ3) is 6.22. The number of H-pyrrole nitrogens is 1. The van der Waals surface area contributed by atoms with Crippen LogP contribution in [0.5, 0.6) is 0 Å². The second kappa shape index (κ2) is 10.2. The van der Waals surface area contributed by atoms with Crippen LogP contribution in [0.4, 0.5) is 0 Å². The van der Waals surface area contributed by atoms with Crippen molar-refractivity contribution in [3.05, 3.63) is 24.0 Å². The van der Waals surface area contributed by atoms with Gasteiger partial charge in [0.15, 0.2) is 0 Å². The van der Waals surface area contributed by atoms with E-state index in [2.05, 4.69) is 28.2 Å². The molecule has 4 heteroatoms. The van der Waals surface area contributed by atoms with E-state index in [4.69, 9.17) is 5.53 Å². The molecule has 1 heterocycles. The van der Waals surface area contributed by atoms with E-state index in [9.17, 15) is 0 Å². The van der Waals surface area contributed by atoms with E-state index in [1.807, 2.05) is 6.20 Å². The summed E-state index contributed by atoms with van der Waals surface area (Å²) in [6.45, 7) is 0. The van der Waals surface area contributed by atoms with E-state index in [0.717, 1.165) is 5.92 Å². The van der Waals surface area contributed by atoms with Crippen LogP contribution in [0.3, 0.4) is 0 Å². The molecule has 4 N–H and O–H groups in total. The Balaban J connectivity index is 0. The highest BCUT2D eigenvalue weighted by molar-refractivity contribution is 5.04. The Morgan fingerprint density at radius 3 is 2.38 bits per heavy atom. The van der Waals surface area contributed by atoms with Crippen LogP contribution >= 0.6 is 0 Å². The van der Waals surface area contributed by atoms with Gasteiger partial charge < -0.3 is 10.8 Å². The topological polar surface area (TPSA) is 78.0 Å². The first-order valence-corrected chi connectivity index (χ1v) is 5.05. The summed E-state index contributed by atoms with van der Waals surface area (Å²) in [5.41, 5.74) is 7.02. The van der Waals surface area contributed by atoms with Gasteiger partial charge in [0.1, 0.15) is 0 Å². The van der Waals surface area contributed by atoms with E-state index < -0.39 is 0 Å². The number of aromatic amines is 1. The molecule has 94 valence electrons. The minimum Gasteiger partial charge on any atom is -0.365 e. The van der Waals surface area contributed by atoms with Gasteiger partial charge in [0.05, 0.1) is 0 Å². The summed E-state index contributed by atoms with van der Waals surface area (Å²) in [7, 11) is 0. The van der Waals surface area contributed by atoms with Crippen molar-refractivity contribution in [2.75, 3.05) is 0 Å². The predicted octanol–water partition coefficient (Wildman–Crippen LogP) is 3.91. The summed E-state index contributed by atoms with van der Waals surface area (Å²) in [5.74, 6) is 5.11. The zero-order chi connectivity index (χ0) is 10.2. The minimum absolute atomic E-state index is 0. The number of hydrogen-bond acceptors (Lipinski definition) is 2. The lowest BCUT2D eigenvalue weighted by atomic mass is 10.0. The van der Waals surface area contributed by atoms with E-state index in [1.54, 1.807) is 0 Å². The minimum atomic E-state index is 0. The monoisotopic (exact) mass is 226 g/mol. The molecule has 1 aromatic heterocycles. The van der Waals surface area contributed by atoms with E-state index >= 15 is 0 Å². The fourth-order valence-electron chi connectivity index (χ4n) is 2.02. The van der Waals surface area contributed by atoms with E-state index in [1.165, 1.54) is 37.8 Å². The molecule has 0 spiro atoms. The Bertz CT molecular complexity index is 238. The molecule has 1 aliphatic rings. The number of rotatable bonds is 2. The quantitative estimate of drug-likeness (QED) is 0.399. The summed E-state index contributed by atoms with van der Waals surface area (Å²) in [6.07, 6.45) is 9.08. The summed E-state index contributed by atoms with van der Waals surface area (Å²) >= 11 is 0. The van der Waals surface area contributed by atoms with Crippen molar-refractivity contribution in [1.82, 2.24) is 4.98 Å². The Kier molecular flexibility index (Phi) is 10.9. The molecular weight excluding hydrogens is 200 g/mol. The molecule has 1 fully saturated rings. The molecule has 0 radical (unpaired) electrons. The van der Waals surface area contributed by atoms with Gasteiger partial charge in [-0.25, -0.2) is 0 Å². The summed E-state index contributed by atoms with van der Waals surface area (Å²) in [4.78, 5) is 3.26. The van der Waals surface area contributed by atoms with E-state index in [0.29, 0.717) is 0 Å². The Morgan fingerprint density at radius 2 is 1.94 bits per heavy atom. The molecule has 4 nitrogen and oxygen atoms in total. The van der Waals surface area contributed by atoms with Gasteiger partial charge >= 0.3 is 0 Å². The van der Waals surface area contributed by atoms with Gasteiger partial charge in [-0.1, -0.05) is 45.8 Å². The molecule has 0 aromatic carbocycles. The third-order valence-electron chi connectivity index (χ3n) is 2.65. The Morgan fingerprint density at radius 1 is 1.38 bits per heavy atom. The second-order valence-corrected chi connectivity index (χ2v) is 3.68. The molecule has 0 unspecified atom stereocenters. The lowest BCUT2D eigenvalue weighted by Gasteiger charge is -2.05. The van der Waals surface area contributed by atoms with Crippen LogP contribution in [0.1, 0.15) is 46.2 Å². The van der Waals surface area contributed by atoms with Crippen LogP contribution in [0, 0.1) is 11.4 Å².